The number of ether oxygens (including phenoxy) is 1. The molecule has 1 aromatic heterocycles. The van der Waals surface area contributed by atoms with Crippen LogP contribution in [0.1, 0.15) is 58.2 Å². The van der Waals surface area contributed by atoms with Gasteiger partial charge in [0, 0.05) is 73.4 Å². The van der Waals surface area contributed by atoms with E-state index in [1.54, 1.807) is 28.0 Å². The van der Waals surface area contributed by atoms with E-state index in [0.29, 0.717) is 62.8 Å². The highest BCUT2D eigenvalue weighted by Crippen LogP contribution is 2.31. The normalized spacial score (nSPS) is 13.3. The molecule has 1 aliphatic rings. The molecule has 3 aromatic rings. The third kappa shape index (κ3) is 7.40. The maximum absolute atomic E-state index is 13.7. The maximum Gasteiger partial charge on any atom is 0.416 e. The predicted molar refractivity (Wildman–Crippen MR) is 155 cm³/mol. The molecule has 7 nitrogen and oxygen atoms in total. The van der Waals surface area contributed by atoms with Gasteiger partial charge in [0.05, 0.1) is 18.4 Å². The fourth-order valence-electron chi connectivity index (χ4n) is 4.72. The molecule has 0 radical (unpaired) electrons. The Morgan fingerprint density at radius 3 is 2.17 bits per heavy atom. The molecule has 0 spiro atoms. The molecule has 2 heterocycles. The Bertz CT molecular complexity index is 1470. The highest BCUT2D eigenvalue weighted by atomic mass is 19.4. The lowest BCUT2D eigenvalue weighted by molar-refractivity contribution is -0.137. The van der Waals surface area contributed by atoms with E-state index in [2.05, 4.69) is 21.7 Å². The summed E-state index contributed by atoms with van der Waals surface area (Å²) in [6, 6.07) is 12.2. The van der Waals surface area contributed by atoms with Crippen molar-refractivity contribution in [2.45, 2.75) is 26.9 Å². The first-order valence-corrected chi connectivity index (χ1v) is 13.9. The van der Waals surface area contributed by atoms with E-state index in [1.807, 2.05) is 32.9 Å². The SMILES string of the molecule is CCOc1cncc(C#Cc2cc(C(=O)N3CCN(c4ccc(C(=O)N(CC)CC)cc4)CC3)cc(C(F)(F)F)c2)c1. The molecule has 2 amide bonds. The Labute approximate surface area is 243 Å². The quantitative estimate of drug-likeness (QED) is 0.354. The molecule has 0 bridgehead atoms. The summed E-state index contributed by atoms with van der Waals surface area (Å²) in [6.07, 6.45) is -1.62. The summed E-state index contributed by atoms with van der Waals surface area (Å²) in [5, 5.41) is 0. The lowest BCUT2D eigenvalue weighted by Crippen LogP contribution is -2.48. The first kappa shape index (κ1) is 30.4. The van der Waals surface area contributed by atoms with Gasteiger partial charge in [-0.3, -0.25) is 14.6 Å². The number of rotatable bonds is 7. The van der Waals surface area contributed by atoms with Gasteiger partial charge in [-0.2, -0.15) is 13.2 Å². The van der Waals surface area contributed by atoms with Crippen molar-refractivity contribution in [2.24, 2.45) is 0 Å². The first-order chi connectivity index (χ1) is 20.1. The van der Waals surface area contributed by atoms with Crippen molar-refractivity contribution in [3.63, 3.8) is 0 Å². The lowest BCUT2D eigenvalue weighted by Gasteiger charge is -2.36. The van der Waals surface area contributed by atoms with Crippen LogP contribution in [0.2, 0.25) is 0 Å². The zero-order chi connectivity index (χ0) is 30.3. The van der Waals surface area contributed by atoms with E-state index in [1.165, 1.54) is 18.5 Å². The molecule has 42 heavy (non-hydrogen) atoms. The number of hydrogen-bond acceptors (Lipinski definition) is 5. The van der Waals surface area contributed by atoms with Crippen LogP contribution in [-0.4, -0.2) is 72.5 Å². The zero-order valence-corrected chi connectivity index (χ0v) is 23.9. The Balaban J connectivity index is 1.48. The molecule has 1 aliphatic heterocycles. The van der Waals surface area contributed by atoms with Crippen molar-refractivity contribution in [3.8, 4) is 17.6 Å². The van der Waals surface area contributed by atoms with Crippen molar-refractivity contribution >= 4 is 17.5 Å². The molecule has 0 unspecified atom stereocenters. The molecule has 0 saturated carbocycles. The average Bonchev–Trinajstić information content (AvgIpc) is 3.00. The molecule has 0 aliphatic carbocycles. The van der Waals surface area contributed by atoms with Crippen LogP contribution >= 0.6 is 0 Å². The number of hydrogen-bond donors (Lipinski definition) is 0. The van der Waals surface area contributed by atoms with E-state index in [4.69, 9.17) is 4.74 Å². The largest absolute Gasteiger partial charge is 0.492 e. The third-order valence-corrected chi connectivity index (χ3v) is 6.98. The fraction of sp³-hybridized carbons (Fsp3) is 0.344. The number of halogens is 3. The second kappa shape index (κ2) is 13.4. The Kier molecular flexibility index (Phi) is 9.73. The number of amides is 2. The van der Waals surface area contributed by atoms with Gasteiger partial charge in [-0.25, -0.2) is 0 Å². The molecule has 2 aromatic carbocycles. The molecule has 10 heteroatoms. The lowest BCUT2D eigenvalue weighted by atomic mass is 10.0. The number of carbonyl (C=O) groups is 2. The van der Waals surface area contributed by atoms with Crippen LogP contribution in [0.25, 0.3) is 0 Å². The first-order valence-electron chi connectivity index (χ1n) is 13.9. The van der Waals surface area contributed by atoms with E-state index in [0.717, 1.165) is 17.8 Å². The monoisotopic (exact) mass is 578 g/mol. The fourth-order valence-corrected chi connectivity index (χ4v) is 4.72. The van der Waals surface area contributed by atoms with Crippen molar-refractivity contribution in [1.82, 2.24) is 14.8 Å². The predicted octanol–water partition coefficient (Wildman–Crippen LogP) is 5.34. The average molecular weight is 579 g/mol. The number of nitrogens with zero attached hydrogens (tertiary/aromatic N) is 4. The van der Waals surface area contributed by atoms with Crippen LogP contribution < -0.4 is 9.64 Å². The summed E-state index contributed by atoms with van der Waals surface area (Å²) in [7, 11) is 0. The summed E-state index contributed by atoms with van der Waals surface area (Å²) < 4.78 is 46.6. The number of benzene rings is 2. The van der Waals surface area contributed by atoms with E-state index < -0.39 is 17.6 Å². The van der Waals surface area contributed by atoms with Gasteiger partial charge in [0.1, 0.15) is 5.75 Å². The van der Waals surface area contributed by atoms with Crippen LogP contribution in [-0.2, 0) is 6.18 Å². The molecular weight excluding hydrogens is 545 g/mol. The summed E-state index contributed by atoms with van der Waals surface area (Å²) in [4.78, 5) is 35.4. The number of pyridine rings is 1. The minimum absolute atomic E-state index is 0.0252. The number of piperazine rings is 1. The van der Waals surface area contributed by atoms with Crippen molar-refractivity contribution < 1.29 is 27.5 Å². The Morgan fingerprint density at radius 1 is 0.881 bits per heavy atom. The van der Waals surface area contributed by atoms with E-state index in [9.17, 15) is 22.8 Å². The molecule has 220 valence electrons. The van der Waals surface area contributed by atoms with Crippen LogP contribution in [0.3, 0.4) is 0 Å². The number of anilines is 1. The minimum atomic E-state index is -4.64. The van der Waals surface area contributed by atoms with Crippen LogP contribution in [0, 0.1) is 11.8 Å². The number of carbonyl (C=O) groups excluding carboxylic acids is 2. The molecule has 1 saturated heterocycles. The van der Waals surface area contributed by atoms with Gasteiger partial charge in [-0.05, 0) is 69.3 Å². The van der Waals surface area contributed by atoms with Gasteiger partial charge in [-0.1, -0.05) is 11.8 Å². The van der Waals surface area contributed by atoms with Gasteiger partial charge < -0.3 is 19.4 Å². The van der Waals surface area contributed by atoms with Gasteiger partial charge in [0.2, 0.25) is 0 Å². The Morgan fingerprint density at radius 2 is 1.55 bits per heavy atom. The highest BCUT2D eigenvalue weighted by Gasteiger charge is 2.32. The zero-order valence-electron chi connectivity index (χ0n) is 23.9. The molecule has 0 atom stereocenters. The smallest absolute Gasteiger partial charge is 0.416 e. The van der Waals surface area contributed by atoms with Gasteiger partial charge in [-0.15, -0.1) is 0 Å². The molecule has 0 N–H and O–H groups in total. The van der Waals surface area contributed by atoms with Gasteiger partial charge >= 0.3 is 6.18 Å². The van der Waals surface area contributed by atoms with E-state index in [-0.39, 0.29) is 17.0 Å². The molecule has 4 rings (SSSR count). The second-order valence-electron chi connectivity index (χ2n) is 9.69. The standard InChI is InChI=1S/C32H33F3N4O3/c1-4-37(5-2)30(40)25-9-11-28(12-10-25)38-13-15-39(16-14-38)31(41)26-17-23(18-27(20-26)32(33,34)35)7-8-24-19-29(42-6-3)22-36-21-24/h9-12,17-22H,4-6,13-16H2,1-3H3. The topological polar surface area (TPSA) is 66.0 Å². The van der Waals surface area contributed by atoms with Crippen LogP contribution in [0.15, 0.2) is 60.9 Å². The van der Waals surface area contributed by atoms with Gasteiger partial charge in [0.25, 0.3) is 11.8 Å². The molecule has 1 fully saturated rings. The number of alkyl halides is 3. The van der Waals surface area contributed by atoms with Crippen molar-refractivity contribution in [3.05, 3.63) is 88.7 Å². The number of aromatic nitrogens is 1. The van der Waals surface area contributed by atoms with Crippen LogP contribution in [0.4, 0.5) is 18.9 Å². The summed E-state index contributed by atoms with van der Waals surface area (Å²) in [5.74, 6) is 5.56. The molecular formula is C32H33F3N4O3. The second-order valence-corrected chi connectivity index (χ2v) is 9.69. The summed E-state index contributed by atoms with van der Waals surface area (Å²) in [6.45, 7) is 9.09. The third-order valence-electron chi connectivity index (χ3n) is 6.98. The van der Waals surface area contributed by atoms with Crippen LogP contribution in [0.5, 0.6) is 5.75 Å². The summed E-state index contributed by atoms with van der Waals surface area (Å²) in [5.41, 5.74) is 1.08. The van der Waals surface area contributed by atoms with E-state index >= 15 is 0 Å². The van der Waals surface area contributed by atoms with Crippen molar-refractivity contribution in [1.29, 1.82) is 0 Å². The maximum atomic E-state index is 13.7. The van der Waals surface area contributed by atoms with Gasteiger partial charge in [0.15, 0.2) is 0 Å². The highest BCUT2D eigenvalue weighted by molar-refractivity contribution is 5.95. The van der Waals surface area contributed by atoms with Crippen molar-refractivity contribution in [2.75, 3.05) is 50.8 Å². The Hall–Kier alpha value is -4.52. The summed E-state index contributed by atoms with van der Waals surface area (Å²) >= 11 is 0. The minimum Gasteiger partial charge on any atom is -0.492 e.